The van der Waals surface area contributed by atoms with Crippen molar-refractivity contribution in [3.8, 4) is 0 Å². The predicted molar refractivity (Wildman–Crippen MR) is 76.2 cm³/mol. The zero-order valence-corrected chi connectivity index (χ0v) is 12.2. The van der Waals surface area contributed by atoms with E-state index in [4.69, 9.17) is 0 Å². The van der Waals surface area contributed by atoms with Gasteiger partial charge in [0.15, 0.2) is 0 Å². The molecule has 2 aromatic rings. The van der Waals surface area contributed by atoms with Crippen LogP contribution in [0.2, 0.25) is 0 Å². The van der Waals surface area contributed by atoms with Crippen LogP contribution in [0.4, 0.5) is 0 Å². The van der Waals surface area contributed by atoms with Gasteiger partial charge in [-0.1, -0.05) is 0 Å². The van der Waals surface area contributed by atoms with E-state index in [1.54, 1.807) is 10.9 Å². The van der Waals surface area contributed by atoms with Gasteiger partial charge in [-0.25, -0.2) is 4.98 Å². The van der Waals surface area contributed by atoms with Crippen LogP contribution in [0.1, 0.15) is 30.8 Å². The molecule has 0 saturated heterocycles. The molecular weight excluding hydrogens is 254 g/mol. The van der Waals surface area contributed by atoms with Gasteiger partial charge in [0.05, 0.1) is 6.20 Å². The van der Waals surface area contributed by atoms with Crippen molar-refractivity contribution in [2.75, 3.05) is 6.54 Å². The van der Waals surface area contributed by atoms with Crippen molar-refractivity contribution >= 4 is 5.91 Å². The maximum Gasteiger partial charge on any atom is 0.242 e. The molecule has 0 aromatic carbocycles. The van der Waals surface area contributed by atoms with Crippen LogP contribution < -0.4 is 5.32 Å². The van der Waals surface area contributed by atoms with Gasteiger partial charge in [0, 0.05) is 32.2 Å². The van der Waals surface area contributed by atoms with E-state index in [0.29, 0.717) is 6.54 Å². The largest absolute Gasteiger partial charge is 0.354 e. The van der Waals surface area contributed by atoms with Crippen LogP contribution in [-0.2, 0) is 18.3 Å². The Kier molecular flexibility index (Phi) is 4.55. The molecular formula is C14H21N5O. The minimum Gasteiger partial charge on any atom is -0.354 e. The summed E-state index contributed by atoms with van der Waals surface area (Å²) in [7, 11) is 1.90. The van der Waals surface area contributed by atoms with Gasteiger partial charge in [-0.3, -0.25) is 9.48 Å². The molecule has 1 atom stereocenters. The summed E-state index contributed by atoms with van der Waals surface area (Å²) in [5, 5.41) is 7.08. The van der Waals surface area contributed by atoms with Crippen LogP contribution in [0, 0.1) is 6.92 Å². The van der Waals surface area contributed by atoms with Gasteiger partial charge >= 0.3 is 0 Å². The Hall–Kier alpha value is -2.11. The zero-order chi connectivity index (χ0) is 14.5. The Balaban J connectivity index is 1.74. The molecule has 0 radical (unpaired) electrons. The van der Waals surface area contributed by atoms with Crippen LogP contribution >= 0.6 is 0 Å². The van der Waals surface area contributed by atoms with Crippen LogP contribution in [0.15, 0.2) is 24.8 Å². The van der Waals surface area contributed by atoms with Gasteiger partial charge in [0.2, 0.25) is 5.91 Å². The maximum absolute atomic E-state index is 12.0. The third-order valence-electron chi connectivity index (χ3n) is 3.36. The molecule has 0 aliphatic heterocycles. The summed E-state index contributed by atoms with van der Waals surface area (Å²) in [4.78, 5) is 16.2. The van der Waals surface area contributed by atoms with Crippen LogP contribution in [0.25, 0.3) is 0 Å². The summed E-state index contributed by atoms with van der Waals surface area (Å²) >= 11 is 0. The van der Waals surface area contributed by atoms with Gasteiger partial charge < -0.3 is 9.88 Å². The fourth-order valence-corrected chi connectivity index (χ4v) is 2.18. The number of imidazole rings is 1. The lowest BCUT2D eigenvalue weighted by atomic mass is 10.2. The first-order valence-electron chi connectivity index (χ1n) is 6.82. The first-order chi connectivity index (χ1) is 9.58. The van der Waals surface area contributed by atoms with Crippen LogP contribution in [0.3, 0.4) is 0 Å². The van der Waals surface area contributed by atoms with Gasteiger partial charge in [-0.05, 0) is 32.3 Å². The normalized spacial score (nSPS) is 12.3. The number of aromatic nitrogens is 4. The van der Waals surface area contributed by atoms with Gasteiger partial charge in [0.25, 0.3) is 0 Å². The number of aryl methyl sites for hydroxylation is 3. The second kappa shape index (κ2) is 6.36. The van der Waals surface area contributed by atoms with E-state index in [0.717, 1.165) is 18.7 Å². The summed E-state index contributed by atoms with van der Waals surface area (Å²) in [5.41, 5.74) is 1.19. The molecule has 6 heteroatoms. The highest BCUT2D eigenvalue weighted by molar-refractivity contribution is 5.79. The molecule has 6 nitrogen and oxygen atoms in total. The number of amides is 1. The molecule has 0 fully saturated rings. The Morgan fingerprint density at radius 3 is 2.90 bits per heavy atom. The molecule has 108 valence electrons. The lowest BCUT2D eigenvalue weighted by Gasteiger charge is -2.14. The van der Waals surface area contributed by atoms with Crippen molar-refractivity contribution in [2.24, 2.45) is 7.05 Å². The molecule has 0 aliphatic carbocycles. The monoisotopic (exact) mass is 275 g/mol. The number of hydrogen-bond donors (Lipinski definition) is 1. The van der Waals surface area contributed by atoms with E-state index < -0.39 is 0 Å². The Morgan fingerprint density at radius 1 is 1.50 bits per heavy atom. The minimum absolute atomic E-state index is 0.0253. The molecule has 0 saturated carbocycles. The molecule has 0 bridgehead atoms. The molecule has 0 unspecified atom stereocenters. The second-order valence-electron chi connectivity index (χ2n) is 4.97. The number of nitrogens with one attached hydrogen (secondary N) is 1. The van der Waals surface area contributed by atoms with E-state index in [-0.39, 0.29) is 11.9 Å². The number of rotatable bonds is 6. The molecule has 1 amide bonds. The lowest BCUT2D eigenvalue weighted by Crippen LogP contribution is -2.32. The van der Waals surface area contributed by atoms with Gasteiger partial charge in [-0.15, -0.1) is 0 Å². The average molecular weight is 275 g/mol. The summed E-state index contributed by atoms with van der Waals surface area (Å²) in [6.07, 6.45) is 9.23. The molecule has 20 heavy (non-hydrogen) atoms. The minimum atomic E-state index is -0.226. The second-order valence-corrected chi connectivity index (χ2v) is 4.97. The topological polar surface area (TPSA) is 64.7 Å². The quantitative estimate of drug-likeness (QED) is 0.807. The van der Waals surface area contributed by atoms with Crippen LogP contribution in [-0.4, -0.2) is 31.8 Å². The third kappa shape index (κ3) is 3.46. The van der Waals surface area contributed by atoms with Crippen molar-refractivity contribution in [3.63, 3.8) is 0 Å². The van der Waals surface area contributed by atoms with E-state index >= 15 is 0 Å². The number of carbonyl (C=O) groups excluding carboxylic acids is 1. The molecule has 2 heterocycles. The van der Waals surface area contributed by atoms with Crippen molar-refractivity contribution in [1.29, 1.82) is 0 Å². The molecule has 0 spiro atoms. The highest BCUT2D eigenvalue weighted by atomic mass is 16.2. The summed E-state index contributed by atoms with van der Waals surface area (Å²) in [5.74, 6) is 0.875. The zero-order valence-electron chi connectivity index (χ0n) is 12.2. The fourth-order valence-electron chi connectivity index (χ4n) is 2.18. The van der Waals surface area contributed by atoms with Crippen molar-refractivity contribution in [1.82, 2.24) is 24.6 Å². The molecule has 0 aliphatic rings. The number of carbonyl (C=O) groups is 1. The number of nitrogens with zero attached hydrogens (tertiary/aromatic N) is 4. The van der Waals surface area contributed by atoms with Crippen LogP contribution in [0.5, 0.6) is 0 Å². The Labute approximate surface area is 118 Å². The first-order valence-corrected chi connectivity index (χ1v) is 6.82. The third-order valence-corrected chi connectivity index (χ3v) is 3.36. The lowest BCUT2D eigenvalue weighted by molar-refractivity contribution is -0.123. The van der Waals surface area contributed by atoms with E-state index in [9.17, 15) is 4.79 Å². The Bertz CT molecular complexity index is 572. The maximum atomic E-state index is 12.0. The van der Waals surface area contributed by atoms with Crippen molar-refractivity contribution in [2.45, 2.75) is 32.7 Å². The summed E-state index contributed by atoms with van der Waals surface area (Å²) < 4.78 is 3.66. The van der Waals surface area contributed by atoms with Crippen molar-refractivity contribution < 1.29 is 4.79 Å². The van der Waals surface area contributed by atoms with Crippen molar-refractivity contribution in [3.05, 3.63) is 36.2 Å². The standard InChI is InChI=1S/C14H21N5O/c1-11(19-8-7-15-12(19)2)14(20)16-6-4-5-13-9-17-18(3)10-13/h7-11H,4-6H2,1-3H3,(H,16,20)/t11-/m1/s1. The molecule has 2 aromatic heterocycles. The summed E-state index contributed by atoms with van der Waals surface area (Å²) in [6, 6.07) is -0.226. The van der Waals surface area contributed by atoms with Gasteiger partial charge in [0.1, 0.15) is 11.9 Å². The first kappa shape index (κ1) is 14.3. The summed E-state index contributed by atoms with van der Waals surface area (Å²) in [6.45, 7) is 4.45. The van der Waals surface area contributed by atoms with Gasteiger partial charge in [-0.2, -0.15) is 5.10 Å². The molecule has 1 N–H and O–H groups in total. The highest BCUT2D eigenvalue weighted by Gasteiger charge is 2.15. The Morgan fingerprint density at radius 2 is 2.30 bits per heavy atom. The SMILES string of the molecule is Cc1nccn1[C@H](C)C(=O)NCCCc1cnn(C)c1. The number of hydrogen-bond acceptors (Lipinski definition) is 3. The average Bonchev–Trinajstić information content (AvgIpc) is 3.02. The predicted octanol–water partition coefficient (Wildman–Crippen LogP) is 1.24. The molecule has 2 rings (SSSR count). The fraction of sp³-hybridized carbons (Fsp3) is 0.500. The van der Waals surface area contributed by atoms with E-state index in [2.05, 4.69) is 15.4 Å². The smallest absolute Gasteiger partial charge is 0.242 e. The van der Waals surface area contributed by atoms with E-state index in [1.807, 2.05) is 44.1 Å². The van der Waals surface area contributed by atoms with E-state index in [1.165, 1.54) is 5.56 Å². The highest BCUT2D eigenvalue weighted by Crippen LogP contribution is 2.08.